The Hall–Kier alpha value is -2.12. The number of amides is 2. The van der Waals surface area contributed by atoms with Crippen LogP contribution < -0.4 is 15.5 Å². The molecule has 8 heteroatoms. The predicted octanol–water partition coefficient (Wildman–Crippen LogP) is 2.26. The Bertz CT molecular complexity index is 798. The van der Waals surface area contributed by atoms with Crippen LogP contribution in [0.3, 0.4) is 0 Å². The van der Waals surface area contributed by atoms with Crippen LogP contribution in [0.5, 0.6) is 0 Å². The minimum Gasteiger partial charge on any atom is -0.355 e. The van der Waals surface area contributed by atoms with E-state index in [2.05, 4.69) is 10.6 Å². The molecule has 2 amide bonds. The van der Waals surface area contributed by atoms with Crippen molar-refractivity contribution in [3.63, 3.8) is 0 Å². The number of nitrogens with one attached hydrogen (secondary N) is 2. The van der Waals surface area contributed by atoms with Gasteiger partial charge in [-0.1, -0.05) is 22.9 Å². The molecule has 0 aliphatic heterocycles. The van der Waals surface area contributed by atoms with Crippen molar-refractivity contribution in [3.05, 3.63) is 49.5 Å². The van der Waals surface area contributed by atoms with Gasteiger partial charge >= 0.3 is 4.87 Å². The normalized spacial score (nSPS) is 10.4. The average molecular weight is 354 g/mol. The van der Waals surface area contributed by atoms with Gasteiger partial charge in [-0.2, -0.15) is 0 Å². The molecule has 0 fully saturated rings. The Balaban J connectivity index is 2.05. The number of rotatable bonds is 5. The standard InChI is InChI=1S/C15H16ClN3O3S/c1-9-8-23-15(22)19(9)6-5-13(20)18-12-7-10(14(21)17-2)3-4-11(12)16/h3-4,7-8H,5-6H2,1-2H3,(H,17,21)(H,18,20). The van der Waals surface area contributed by atoms with Crippen LogP contribution in [0.4, 0.5) is 5.69 Å². The maximum atomic E-state index is 12.1. The van der Waals surface area contributed by atoms with Gasteiger partial charge in [0.15, 0.2) is 0 Å². The first-order chi connectivity index (χ1) is 10.9. The number of carbonyl (C=O) groups excluding carboxylic acids is 2. The minimum absolute atomic E-state index is 0.0880. The third-order valence-electron chi connectivity index (χ3n) is 3.27. The van der Waals surface area contributed by atoms with Gasteiger partial charge in [-0.25, -0.2) is 0 Å². The summed E-state index contributed by atoms with van der Waals surface area (Å²) in [4.78, 5) is 35.2. The summed E-state index contributed by atoms with van der Waals surface area (Å²) in [5.41, 5.74) is 1.59. The Morgan fingerprint density at radius 2 is 2.09 bits per heavy atom. The molecule has 6 nitrogen and oxygen atoms in total. The quantitative estimate of drug-likeness (QED) is 0.865. The summed E-state index contributed by atoms with van der Waals surface area (Å²) >= 11 is 7.15. The minimum atomic E-state index is -0.279. The van der Waals surface area contributed by atoms with Gasteiger partial charge < -0.3 is 15.2 Å². The van der Waals surface area contributed by atoms with Crippen molar-refractivity contribution >= 4 is 40.4 Å². The smallest absolute Gasteiger partial charge is 0.307 e. The summed E-state index contributed by atoms with van der Waals surface area (Å²) in [6.07, 6.45) is 0.137. The lowest BCUT2D eigenvalue weighted by Crippen LogP contribution is -2.21. The number of benzene rings is 1. The van der Waals surface area contributed by atoms with Crippen molar-refractivity contribution in [2.45, 2.75) is 19.9 Å². The molecule has 0 saturated carbocycles. The number of carbonyl (C=O) groups is 2. The van der Waals surface area contributed by atoms with Crippen LogP contribution >= 0.6 is 22.9 Å². The third-order valence-corrected chi connectivity index (χ3v) is 4.48. The topological polar surface area (TPSA) is 80.2 Å². The van der Waals surface area contributed by atoms with Gasteiger partial charge in [0.05, 0.1) is 10.7 Å². The second-order valence-electron chi connectivity index (χ2n) is 4.87. The fourth-order valence-electron chi connectivity index (χ4n) is 2.01. The van der Waals surface area contributed by atoms with E-state index in [1.165, 1.54) is 13.1 Å². The molecule has 0 unspecified atom stereocenters. The molecule has 122 valence electrons. The lowest BCUT2D eigenvalue weighted by molar-refractivity contribution is -0.116. The van der Waals surface area contributed by atoms with E-state index >= 15 is 0 Å². The molecular weight excluding hydrogens is 338 g/mol. The summed E-state index contributed by atoms with van der Waals surface area (Å²) in [6.45, 7) is 2.12. The molecule has 0 aliphatic carbocycles. The molecule has 0 bridgehead atoms. The highest BCUT2D eigenvalue weighted by Crippen LogP contribution is 2.23. The van der Waals surface area contributed by atoms with E-state index in [0.717, 1.165) is 17.0 Å². The maximum Gasteiger partial charge on any atom is 0.307 e. The van der Waals surface area contributed by atoms with Crippen molar-refractivity contribution in [2.75, 3.05) is 12.4 Å². The van der Waals surface area contributed by atoms with Gasteiger partial charge in [0.2, 0.25) is 5.91 Å². The molecule has 2 rings (SSSR count). The van der Waals surface area contributed by atoms with E-state index in [-0.39, 0.29) is 23.1 Å². The van der Waals surface area contributed by atoms with Crippen LogP contribution in [0.25, 0.3) is 0 Å². The van der Waals surface area contributed by atoms with Gasteiger partial charge in [-0.15, -0.1) is 0 Å². The lowest BCUT2D eigenvalue weighted by Gasteiger charge is -2.10. The van der Waals surface area contributed by atoms with Crippen molar-refractivity contribution in [1.82, 2.24) is 9.88 Å². The van der Waals surface area contributed by atoms with Crippen LogP contribution in [0.1, 0.15) is 22.5 Å². The second kappa shape index (κ2) is 7.43. The summed E-state index contributed by atoms with van der Waals surface area (Å²) < 4.78 is 1.55. The van der Waals surface area contributed by atoms with Crippen molar-refractivity contribution < 1.29 is 9.59 Å². The van der Waals surface area contributed by atoms with Crippen molar-refractivity contribution in [3.8, 4) is 0 Å². The number of hydrogen-bond donors (Lipinski definition) is 2. The van der Waals surface area contributed by atoms with Gasteiger partial charge in [0, 0.05) is 36.7 Å². The molecule has 0 radical (unpaired) electrons. The summed E-state index contributed by atoms with van der Waals surface area (Å²) in [5.74, 6) is -0.545. The van der Waals surface area contributed by atoms with Gasteiger partial charge in [-0.3, -0.25) is 14.4 Å². The van der Waals surface area contributed by atoms with E-state index in [1.807, 2.05) is 6.92 Å². The molecular formula is C15H16ClN3O3S. The van der Waals surface area contributed by atoms with E-state index < -0.39 is 0 Å². The second-order valence-corrected chi connectivity index (χ2v) is 6.09. The monoisotopic (exact) mass is 353 g/mol. The number of aryl methyl sites for hydroxylation is 1. The fourth-order valence-corrected chi connectivity index (χ4v) is 2.93. The zero-order chi connectivity index (χ0) is 17.0. The van der Waals surface area contributed by atoms with Crippen LogP contribution in [0.2, 0.25) is 5.02 Å². The Morgan fingerprint density at radius 3 is 2.70 bits per heavy atom. The Morgan fingerprint density at radius 1 is 1.35 bits per heavy atom. The number of aromatic nitrogens is 1. The molecule has 0 aliphatic rings. The molecule has 0 saturated heterocycles. The summed E-state index contributed by atoms with van der Waals surface area (Å²) in [5, 5.41) is 7.27. The fraction of sp³-hybridized carbons (Fsp3) is 0.267. The van der Waals surface area contributed by atoms with Crippen molar-refractivity contribution in [1.29, 1.82) is 0 Å². The number of thiazole rings is 1. The highest BCUT2D eigenvalue weighted by molar-refractivity contribution is 7.07. The van der Waals surface area contributed by atoms with Crippen LogP contribution in [0, 0.1) is 6.92 Å². The first-order valence-corrected chi connectivity index (χ1v) is 8.14. The van der Waals surface area contributed by atoms with E-state index in [4.69, 9.17) is 11.6 Å². The highest BCUT2D eigenvalue weighted by atomic mass is 35.5. The van der Waals surface area contributed by atoms with Crippen molar-refractivity contribution in [2.24, 2.45) is 0 Å². The lowest BCUT2D eigenvalue weighted by atomic mass is 10.2. The molecule has 1 aromatic carbocycles. The van der Waals surface area contributed by atoms with Gasteiger partial charge in [-0.05, 0) is 25.1 Å². The number of halogens is 1. The summed E-state index contributed by atoms with van der Waals surface area (Å²) in [7, 11) is 1.52. The van der Waals surface area contributed by atoms with E-state index in [1.54, 1.807) is 22.1 Å². The zero-order valence-corrected chi connectivity index (χ0v) is 14.3. The van der Waals surface area contributed by atoms with E-state index in [0.29, 0.717) is 22.8 Å². The van der Waals surface area contributed by atoms with Gasteiger partial charge in [0.25, 0.3) is 5.91 Å². The Labute approximate surface area is 142 Å². The first-order valence-electron chi connectivity index (χ1n) is 6.88. The molecule has 2 N–H and O–H groups in total. The van der Waals surface area contributed by atoms with E-state index in [9.17, 15) is 14.4 Å². The zero-order valence-electron chi connectivity index (χ0n) is 12.7. The number of nitrogens with zero attached hydrogens (tertiary/aromatic N) is 1. The SMILES string of the molecule is CNC(=O)c1ccc(Cl)c(NC(=O)CCn2c(C)csc2=O)c1. The molecule has 1 aromatic heterocycles. The average Bonchev–Trinajstić information content (AvgIpc) is 2.85. The molecule has 0 spiro atoms. The van der Waals surface area contributed by atoms with Crippen LogP contribution in [-0.2, 0) is 11.3 Å². The molecule has 23 heavy (non-hydrogen) atoms. The summed E-state index contributed by atoms with van der Waals surface area (Å²) in [6, 6.07) is 4.64. The predicted molar refractivity (Wildman–Crippen MR) is 91.4 cm³/mol. The van der Waals surface area contributed by atoms with Crippen LogP contribution in [-0.4, -0.2) is 23.4 Å². The maximum absolute atomic E-state index is 12.1. The first kappa shape index (κ1) is 17.2. The third kappa shape index (κ3) is 4.20. The molecule has 1 heterocycles. The highest BCUT2D eigenvalue weighted by Gasteiger charge is 2.11. The van der Waals surface area contributed by atoms with Crippen LogP contribution in [0.15, 0.2) is 28.4 Å². The molecule has 0 atom stereocenters. The number of anilines is 1. The Kier molecular flexibility index (Phi) is 5.57. The number of hydrogen-bond acceptors (Lipinski definition) is 4. The largest absolute Gasteiger partial charge is 0.355 e. The molecule has 2 aromatic rings. The van der Waals surface area contributed by atoms with Gasteiger partial charge in [0.1, 0.15) is 0 Å².